The minimum atomic E-state index is -1.17. The van der Waals surface area contributed by atoms with Gasteiger partial charge in [-0.1, -0.05) is 6.58 Å². The van der Waals surface area contributed by atoms with Crippen molar-refractivity contribution in [3.8, 4) is 0 Å². The summed E-state index contributed by atoms with van der Waals surface area (Å²) in [6.07, 6.45) is -0.0956. The largest absolute Gasteiger partial charge is 0.480 e. The molecule has 3 N–H and O–H groups in total. The molecule has 0 aromatic heterocycles. The fraction of sp³-hybridized carbons (Fsp3) is 0.545. The lowest BCUT2D eigenvalue weighted by Gasteiger charge is -2.07. The van der Waals surface area contributed by atoms with Gasteiger partial charge in [0, 0.05) is 12.0 Å². The Morgan fingerprint density at radius 3 is 2.33 bits per heavy atom. The van der Waals surface area contributed by atoms with Gasteiger partial charge in [0.1, 0.15) is 19.3 Å². The molecule has 0 aliphatic carbocycles. The zero-order chi connectivity index (χ0) is 14.1. The molecule has 0 bridgehead atoms. The third-order valence-corrected chi connectivity index (χ3v) is 1.90. The van der Waals surface area contributed by atoms with Crippen LogP contribution in [0.5, 0.6) is 0 Å². The third-order valence-electron chi connectivity index (χ3n) is 1.90. The first-order chi connectivity index (χ1) is 8.34. The molecule has 0 aromatic carbocycles. The van der Waals surface area contributed by atoms with Crippen molar-refractivity contribution in [3.63, 3.8) is 0 Å². The standard InChI is InChI=1S/C11H17NO6/c1-7(2)11(16)18-6-5-17-9(13)4-3-8(12)10(14)15/h8H,1,3-6,12H2,2H3,(H,14,15)/t8-/m0/s1. The summed E-state index contributed by atoms with van der Waals surface area (Å²) in [4.78, 5) is 32.4. The second kappa shape index (κ2) is 8.24. The van der Waals surface area contributed by atoms with Gasteiger partial charge in [0.05, 0.1) is 0 Å². The van der Waals surface area contributed by atoms with Crippen LogP contribution in [-0.2, 0) is 23.9 Å². The van der Waals surface area contributed by atoms with Crippen LogP contribution in [0.1, 0.15) is 19.8 Å². The van der Waals surface area contributed by atoms with Crippen LogP contribution in [0.2, 0.25) is 0 Å². The van der Waals surface area contributed by atoms with Crippen LogP contribution in [0.4, 0.5) is 0 Å². The fourth-order valence-corrected chi connectivity index (χ4v) is 0.882. The molecule has 0 heterocycles. The van der Waals surface area contributed by atoms with Crippen molar-refractivity contribution in [2.24, 2.45) is 5.73 Å². The number of nitrogens with two attached hydrogens (primary N) is 1. The van der Waals surface area contributed by atoms with Crippen LogP contribution in [0, 0.1) is 0 Å². The van der Waals surface area contributed by atoms with Crippen LogP contribution < -0.4 is 5.73 Å². The number of hydrogen-bond donors (Lipinski definition) is 2. The lowest BCUT2D eigenvalue weighted by atomic mass is 10.2. The number of carbonyl (C=O) groups excluding carboxylic acids is 2. The number of aliphatic carboxylic acids is 1. The summed E-state index contributed by atoms with van der Waals surface area (Å²) in [5.41, 5.74) is 5.46. The van der Waals surface area contributed by atoms with Gasteiger partial charge in [-0.15, -0.1) is 0 Å². The molecule has 0 radical (unpaired) electrons. The summed E-state index contributed by atoms with van der Waals surface area (Å²) in [6.45, 7) is 4.73. The Morgan fingerprint density at radius 1 is 1.28 bits per heavy atom. The highest BCUT2D eigenvalue weighted by Crippen LogP contribution is 1.98. The Balaban J connectivity index is 3.63. The minimum absolute atomic E-state index is 0.000277. The van der Waals surface area contributed by atoms with Crippen molar-refractivity contribution in [1.29, 1.82) is 0 Å². The number of carbonyl (C=O) groups is 3. The lowest BCUT2D eigenvalue weighted by Crippen LogP contribution is -2.30. The Hall–Kier alpha value is -1.89. The Labute approximate surface area is 105 Å². The van der Waals surface area contributed by atoms with Gasteiger partial charge in [0.25, 0.3) is 0 Å². The van der Waals surface area contributed by atoms with Crippen LogP contribution in [0.25, 0.3) is 0 Å². The molecule has 0 fully saturated rings. The van der Waals surface area contributed by atoms with Gasteiger partial charge >= 0.3 is 17.9 Å². The summed E-state index contributed by atoms with van der Waals surface area (Å²) >= 11 is 0. The summed E-state index contributed by atoms with van der Waals surface area (Å²) < 4.78 is 9.39. The number of esters is 2. The average Bonchev–Trinajstić information content (AvgIpc) is 2.30. The van der Waals surface area contributed by atoms with E-state index >= 15 is 0 Å². The third kappa shape index (κ3) is 7.39. The number of carboxylic acids is 1. The Morgan fingerprint density at radius 2 is 1.83 bits per heavy atom. The second-order valence-electron chi connectivity index (χ2n) is 3.62. The van der Waals surface area contributed by atoms with Crippen LogP contribution in [-0.4, -0.2) is 42.3 Å². The molecule has 18 heavy (non-hydrogen) atoms. The van der Waals surface area contributed by atoms with Gasteiger partial charge in [0.2, 0.25) is 0 Å². The quantitative estimate of drug-likeness (QED) is 0.353. The summed E-state index contributed by atoms with van der Waals surface area (Å²) in [7, 11) is 0. The molecule has 0 saturated heterocycles. The topological polar surface area (TPSA) is 116 Å². The van der Waals surface area contributed by atoms with Crippen molar-refractivity contribution < 1.29 is 29.0 Å². The SMILES string of the molecule is C=C(C)C(=O)OCCOC(=O)CC[C@H](N)C(=O)O. The fourth-order valence-electron chi connectivity index (χ4n) is 0.882. The maximum atomic E-state index is 11.1. The zero-order valence-corrected chi connectivity index (χ0v) is 10.2. The monoisotopic (exact) mass is 259 g/mol. The maximum Gasteiger partial charge on any atom is 0.333 e. The van der Waals surface area contributed by atoms with Crippen LogP contribution in [0.3, 0.4) is 0 Å². The van der Waals surface area contributed by atoms with Crippen molar-refractivity contribution in [3.05, 3.63) is 12.2 Å². The van der Waals surface area contributed by atoms with E-state index in [0.29, 0.717) is 0 Å². The molecule has 0 aromatic rings. The zero-order valence-electron chi connectivity index (χ0n) is 10.2. The van der Waals surface area contributed by atoms with Gasteiger partial charge < -0.3 is 20.3 Å². The number of carboxylic acid groups (broad SMARTS) is 1. The molecule has 0 unspecified atom stereocenters. The van der Waals surface area contributed by atoms with E-state index in [1.807, 2.05) is 0 Å². The number of rotatable bonds is 8. The van der Waals surface area contributed by atoms with Crippen molar-refractivity contribution >= 4 is 17.9 Å². The summed E-state index contributed by atoms with van der Waals surface area (Å²) in [6, 6.07) is -1.08. The Kier molecular flexibility index (Phi) is 7.37. The lowest BCUT2D eigenvalue weighted by molar-refractivity contribution is -0.150. The molecule has 0 aliphatic heterocycles. The maximum absolute atomic E-state index is 11.1. The van der Waals surface area contributed by atoms with Crippen molar-refractivity contribution in [2.75, 3.05) is 13.2 Å². The first-order valence-corrected chi connectivity index (χ1v) is 5.31. The molecule has 0 amide bonds. The highest BCUT2D eigenvalue weighted by Gasteiger charge is 2.14. The molecular formula is C11H17NO6. The highest BCUT2D eigenvalue weighted by molar-refractivity contribution is 5.86. The van der Waals surface area contributed by atoms with E-state index in [0.717, 1.165) is 0 Å². The number of ether oxygens (including phenoxy) is 2. The van der Waals surface area contributed by atoms with E-state index in [9.17, 15) is 14.4 Å². The van der Waals surface area contributed by atoms with Gasteiger partial charge in [-0.3, -0.25) is 9.59 Å². The summed E-state index contributed by atoms with van der Waals surface area (Å²) in [5, 5.41) is 8.48. The van der Waals surface area contributed by atoms with Gasteiger partial charge in [-0.25, -0.2) is 4.79 Å². The smallest absolute Gasteiger partial charge is 0.333 e. The van der Waals surface area contributed by atoms with Gasteiger partial charge in [-0.05, 0) is 13.3 Å². The number of hydrogen-bond acceptors (Lipinski definition) is 6. The van der Waals surface area contributed by atoms with E-state index in [-0.39, 0.29) is 31.6 Å². The van der Waals surface area contributed by atoms with E-state index < -0.39 is 23.9 Å². The van der Waals surface area contributed by atoms with Gasteiger partial charge in [-0.2, -0.15) is 0 Å². The minimum Gasteiger partial charge on any atom is -0.480 e. The van der Waals surface area contributed by atoms with E-state index in [2.05, 4.69) is 11.3 Å². The molecule has 7 heteroatoms. The molecule has 1 atom stereocenters. The molecule has 0 spiro atoms. The van der Waals surface area contributed by atoms with Crippen LogP contribution in [0.15, 0.2) is 12.2 Å². The van der Waals surface area contributed by atoms with Crippen LogP contribution >= 0.6 is 0 Å². The summed E-state index contributed by atoms with van der Waals surface area (Å²) in [5.74, 6) is -2.31. The molecule has 0 aliphatic rings. The van der Waals surface area contributed by atoms with Crippen molar-refractivity contribution in [2.45, 2.75) is 25.8 Å². The van der Waals surface area contributed by atoms with E-state index in [1.165, 1.54) is 6.92 Å². The molecule has 0 saturated carbocycles. The average molecular weight is 259 g/mol. The first kappa shape index (κ1) is 16.1. The Bertz CT molecular complexity index is 338. The normalized spacial score (nSPS) is 11.4. The molecule has 102 valence electrons. The second-order valence-corrected chi connectivity index (χ2v) is 3.62. The predicted octanol–water partition coefficient (Wildman–Crippen LogP) is -0.159. The predicted molar refractivity (Wildman–Crippen MR) is 61.6 cm³/mol. The van der Waals surface area contributed by atoms with E-state index in [4.69, 9.17) is 15.6 Å². The molecule has 7 nitrogen and oxygen atoms in total. The van der Waals surface area contributed by atoms with E-state index in [1.54, 1.807) is 0 Å². The van der Waals surface area contributed by atoms with Gasteiger partial charge in [0.15, 0.2) is 0 Å². The first-order valence-electron chi connectivity index (χ1n) is 5.31. The highest BCUT2D eigenvalue weighted by atomic mass is 16.6. The molecule has 0 rings (SSSR count). The molecular weight excluding hydrogens is 242 g/mol. The van der Waals surface area contributed by atoms with Crippen molar-refractivity contribution in [1.82, 2.24) is 0 Å².